The van der Waals surface area contributed by atoms with Gasteiger partial charge in [0.2, 0.25) is 0 Å². The summed E-state index contributed by atoms with van der Waals surface area (Å²) in [5.41, 5.74) is 1.17. The van der Waals surface area contributed by atoms with Gasteiger partial charge >= 0.3 is 6.18 Å². The van der Waals surface area contributed by atoms with Crippen molar-refractivity contribution in [3.63, 3.8) is 0 Å². The summed E-state index contributed by atoms with van der Waals surface area (Å²) in [4.78, 5) is 18.4. The van der Waals surface area contributed by atoms with Gasteiger partial charge in [0.25, 0.3) is 5.91 Å². The number of rotatable bonds is 4. The van der Waals surface area contributed by atoms with Crippen molar-refractivity contribution in [1.82, 2.24) is 9.55 Å². The van der Waals surface area contributed by atoms with Crippen LogP contribution in [0.1, 0.15) is 22.2 Å². The highest BCUT2D eigenvalue weighted by molar-refractivity contribution is 7.17. The summed E-state index contributed by atoms with van der Waals surface area (Å²) in [5.74, 6) is 0.302. The highest BCUT2D eigenvalue weighted by Crippen LogP contribution is 2.32. The van der Waals surface area contributed by atoms with Crippen LogP contribution in [0.2, 0.25) is 0 Å². The Hall–Kier alpha value is -3.13. The number of fused-ring (bicyclic) bond motifs is 1. The zero-order valence-electron chi connectivity index (χ0n) is 15.3. The Kier molecular flexibility index (Phi) is 4.87. The molecule has 0 saturated heterocycles. The van der Waals surface area contributed by atoms with Crippen molar-refractivity contribution in [1.29, 1.82) is 0 Å². The molecule has 0 unspecified atom stereocenters. The van der Waals surface area contributed by atoms with Crippen molar-refractivity contribution in [2.24, 2.45) is 0 Å². The lowest BCUT2D eigenvalue weighted by molar-refractivity contribution is -0.137. The minimum atomic E-state index is -4.46. The molecule has 0 saturated carbocycles. The fourth-order valence-electron chi connectivity index (χ4n) is 3.13. The molecule has 2 aromatic heterocycles. The molecule has 1 N–H and O–H groups in total. The maximum Gasteiger partial charge on any atom is 0.416 e. The maximum absolute atomic E-state index is 12.9. The van der Waals surface area contributed by atoms with Crippen LogP contribution in [0.15, 0.2) is 60.7 Å². The number of carbonyl (C=O) groups excluding carboxylic acids is 1. The number of aromatic nitrogens is 2. The Morgan fingerprint density at radius 1 is 1.10 bits per heavy atom. The van der Waals surface area contributed by atoms with E-state index in [4.69, 9.17) is 0 Å². The minimum Gasteiger partial charge on any atom is -0.324 e. The molecule has 29 heavy (non-hydrogen) atoms. The third kappa shape index (κ3) is 3.75. The topological polar surface area (TPSA) is 46.9 Å². The normalized spacial score (nSPS) is 11.7. The second kappa shape index (κ2) is 7.36. The summed E-state index contributed by atoms with van der Waals surface area (Å²) in [6, 6.07) is 15.8. The van der Waals surface area contributed by atoms with Crippen molar-refractivity contribution in [2.75, 3.05) is 5.32 Å². The summed E-state index contributed by atoms with van der Waals surface area (Å²) in [7, 11) is 0. The molecular formula is C21H16F3N3OS. The zero-order valence-corrected chi connectivity index (χ0v) is 16.1. The van der Waals surface area contributed by atoms with Crippen molar-refractivity contribution < 1.29 is 18.0 Å². The maximum atomic E-state index is 12.9. The fraction of sp³-hybridized carbons (Fsp3) is 0.143. The molecule has 0 aliphatic carbocycles. The SMILES string of the molecule is CCn1c(-c2ccc(C(=O)Nc3cccc(C(F)(F)F)c3)s2)nc2ccccc21. The number of benzene rings is 2. The summed E-state index contributed by atoms with van der Waals surface area (Å²) in [6.07, 6.45) is -4.46. The average Bonchev–Trinajstić information content (AvgIpc) is 3.32. The molecule has 4 rings (SSSR count). The molecule has 2 aromatic carbocycles. The van der Waals surface area contributed by atoms with Crippen molar-refractivity contribution in [3.05, 3.63) is 71.1 Å². The lowest BCUT2D eigenvalue weighted by Crippen LogP contribution is -2.11. The molecule has 0 radical (unpaired) electrons. The molecule has 4 aromatic rings. The molecule has 0 atom stereocenters. The predicted molar refractivity (Wildman–Crippen MR) is 108 cm³/mol. The number of nitrogens with zero attached hydrogens (tertiary/aromatic N) is 2. The number of thiophene rings is 1. The molecule has 0 spiro atoms. The van der Waals surface area contributed by atoms with Gasteiger partial charge in [-0.2, -0.15) is 13.2 Å². The third-order valence-electron chi connectivity index (χ3n) is 4.47. The number of imidazole rings is 1. The Balaban J connectivity index is 1.61. The smallest absolute Gasteiger partial charge is 0.324 e. The molecule has 148 valence electrons. The van der Waals surface area contributed by atoms with Crippen molar-refractivity contribution in [2.45, 2.75) is 19.6 Å². The number of amides is 1. The molecular weight excluding hydrogens is 399 g/mol. The first-order valence-electron chi connectivity index (χ1n) is 8.91. The number of alkyl halides is 3. The second-order valence-electron chi connectivity index (χ2n) is 6.36. The van der Waals surface area contributed by atoms with Crippen molar-refractivity contribution in [3.8, 4) is 10.7 Å². The monoisotopic (exact) mass is 415 g/mol. The van der Waals surface area contributed by atoms with Gasteiger partial charge in [-0.05, 0) is 49.4 Å². The van der Waals surface area contributed by atoms with E-state index in [1.807, 2.05) is 31.2 Å². The molecule has 1 amide bonds. The third-order valence-corrected chi connectivity index (χ3v) is 5.55. The van der Waals surface area contributed by atoms with Gasteiger partial charge in [0.05, 0.1) is 26.4 Å². The number of nitrogens with one attached hydrogen (secondary N) is 1. The molecule has 0 bridgehead atoms. The number of anilines is 1. The fourth-order valence-corrected chi connectivity index (χ4v) is 4.03. The van der Waals surface area contributed by atoms with Gasteiger partial charge in [-0.3, -0.25) is 4.79 Å². The number of hydrogen-bond acceptors (Lipinski definition) is 3. The molecule has 2 heterocycles. The van der Waals surface area contributed by atoms with Crippen LogP contribution in [0.4, 0.5) is 18.9 Å². The molecule has 8 heteroatoms. The summed E-state index contributed by atoms with van der Waals surface area (Å²) in [5, 5.41) is 2.53. The van der Waals surface area contributed by atoms with Gasteiger partial charge in [-0.15, -0.1) is 11.3 Å². The lowest BCUT2D eigenvalue weighted by Gasteiger charge is -2.09. The van der Waals surface area contributed by atoms with E-state index in [9.17, 15) is 18.0 Å². The molecule has 4 nitrogen and oxygen atoms in total. The van der Waals surface area contributed by atoms with Crippen molar-refractivity contribution >= 4 is 34.0 Å². The Morgan fingerprint density at radius 2 is 1.90 bits per heavy atom. The molecule has 0 aliphatic heterocycles. The largest absolute Gasteiger partial charge is 0.416 e. The van der Waals surface area contributed by atoms with Crippen LogP contribution >= 0.6 is 11.3 Å². The van der Waals surface area contributed by atoms with Gasteiger partial charge in [-0.25, -0.2) is 4.98 Å². The van der Waals surface area contributed by atoms with Crippen LogP contribution in [0, 0.1) is 0 Å². The van der Waals surface area contributed by atoms with Gasteiger partial charge in [-0.1, -0.05) is 18.2 Å². The Bertz CT molecular complexity index is 1190. The number of aryl methyl sites for hydroxylation is 1. The first-order valence-corrected chi connectivity index (χ1v) is 9.72. The first-order chi connectivity index (χ1) is 13.9. The van der Waals surface area contributed by atoms with Crippen LogP contribution < -0.4 is 5.32 Å². The summed E-state index contributed by atoms with van der Waals surface area (Å²) >= 11 is 1.25. The quantitative estimate of drug-likeness (QED) is 0.441. The standard InChI is InChI=1S/C21H16F3N3OS/c1-2-27-16-9-4-3-8-15(16)26-19(27)17-10-11-18(29-17)20(28)25-14-7-5-6-13(12-14)21(22,23)24/h3-12H,2H2,1H3,(H,25,28). The summed E-state index contributed by atoms with van der Waals surface area (Å²) in [6.45, 7) is 2.74. The van der Waals surface area contributed by atoms with Gasteiger partial charge < -0.3 is 9.88 Å². The Labute approximate surface area is 168 Å². The van der Waals surface area contributed by atoms with Gasteiger partial charge in [0, 0.05) is 12.2 Å². The van der Waals surface area contributed by atoms with Crippen LogP contribution in [0.3, 0.4) is 0 Å². The number of hydrogen-bond donors (Lipinski definition) is 1. The van der Waals surface area contributed by atoms with E-state index in [-0.39, 0.29) is 5.69 Å². The summed E-state index contributed by atoms with van der Waals surface area (Å²) < 4.78 is 40.6. The van der Waals surface area contributed by atoms with Gasteiger partial charge in [0.1, 0.15) is 0 Å². The van der Waals surface area contributed by atoms with Crippen LogP contribution in [-0.4, -0.2) is 15.5 Å². The first kappa shape index (κ1) is 19.2. The number of halogens is 3. The van der Waals surface area contributed by atoms with Crippen LogP contribution in [0.5, 0.6) is 0 Å². The Morgan fingerprint density at radius 3 is 2.66 bits per heavy atom. The van der Waals surface area contributed by atoms with Crippen LogP contribution in [0.25, 0.3) is 21.7 Å². The molecule has 0 aliphatic rings. The number of carbonyl (C=O) groups is 1. The lowest BCUT2D eigenvalue weighted by atomic mass is 10.2. The van der Waals surface area contributed by atoms with Crippen LogP contribution in [-0.2, 0) is 12.7 Å². The highest BCUT2D eigenvalue weighted by atomic mass is 32.1. The average molecular weight is 415 g/mol. The second-order valence-corrected chi connectivity index (χ2v) is 7.45. The van der Waals surface area contributed by atoms with E-state index in [0.29, 0.717) is 4.88 Å². The highest BCUT2D eigenvalue weighted by Gasteiger charge is 2.30. The van der Waals surface area contributed by atoms with E-state index in [1.54, 1.807) is 12.1 Å². The molecule has 0 fully saturated rings. The van der Waals surface area contributed by atoms with E-state index in [1.165, 1.54) is 23.5 Å². The van der Waals surface area contributed by atoms with Gasteiger partial charge in [0.15, 0.2) is 5.82 Å². The predicted octanol–water partition coefficient (Wildman–Crippen LogP) is 6.06. The van der Waals surface area contributed by atoms with E-state index in [0.717, 1.165) is 40.4 Å². The van der Waals surface area contributed by atoms with E-state index in [2.05, 4.69) is 14.9 Å². The van der Waals surface area contributed by atoms with E-state index < -0.39 is 17.6 Å². The van der Waals surface area contributed by atoms with E-state index >= 15 is 0 Å². The number of para-hydroxylation sites is 2. The minimum absolute atomic E-state index is 0.0978. The zero-order chi connectivity index (χ0) is 20.6.